The molecule has 1 aliphatic carbocycles. The lowest BCUT2D eigenvalue weighted by Crippen LogP contribution is -2.50. The third-order valence-electron chi connectivity index (χ3n) is 5.97. The van der Waals surface area contributed by atoms with E-state index in [1.807, 2.05) is 24.3 Å². The molecule has 1 atom stereocenters. The molecule has 7 heteroatoms. The van der Waals surface area contributed by atoms with Crippen molar-refractivity contribution in [1.29, 1.82) is 0 Å². The van der Waals surface area contributed by atoms with Gasteiger partial charge in [-0.1, -0.05) is 60.7 Å². The highest BCUT2D eigenvalue weighted by atomic mass is 35.5. The van der Waals surface area contributed by atoms with E-state index >= 15 is 0 Å². The standard InChI is InChI=1S/C25H30Cl2N2O3/c1-17(25(31)28-20-6-4-3-5-7-20)29(16-18-8-11-21(32-2)12-9-18)24(30)15-19-10-13-22(26)23(27)14-19/h8-14,17,20H,3-7,15-16H2,1-2H3,(H,28,31). The highest BCUT2D eigenvalue weighted by Gasteiger charge is 2.28. The van der Waals surface area contributed by atoms with Gasteiger partial charge in [0, 0.05) is 12.6 Å². The normalized spacial score (nSPS) is 15.1. The zero-order valence-electron chi connectivity index (χ0n) is 18.6. The summed E-state index contributed by atoms with van der Waals surface area (Å²) in [4.78, 5) is 28.0. The number of carbonyl (C=O) groups excluding carboxylic acids is 2. The lowest BCUT2D eigenvalue weighted by molar-refractivity contribution is -0.140. The van der Waals surface area contributed by atoms with Gasteiger partial charge in [-0.25, -0.2) is 0 Å². The van der Waals surface area contributed by atoms with Gasteiger partial charge in [0.25, 0.3) is 0 Å². The van der Waals surface area contributed by atoms with Crippen molar-refractivity contribution in [2.24, 2.45) is 0 Å². The minimum atomic E-state index is -0.602. The number of halogens is 2. The number of amides is 2. The summed E-state index contributed by atoms with van der Waals surface area (Å²) >= 11 is 12.1. The average molecular weight is 477 g/mol. The number of nitrogens with zero attached hydrogens (tertiary/aromatic N) is 1. The Morgan fingerprint density at radius 3 is 2.31 bits per heavy atom. The van der Waals surface area contributed by atoms with Gasteiger partial charge in [0.05, 0.1) is 23.6 Å². The predicted molar refractivity (Wildman–Crippen MR) is 128 cm³/mol. The lowest BCUT2D eigenvalue weighted by atomic mass is 9.95. The Labute approximate surface area is 200 Å². The van der Waals surface area contributed by atoms with Crippen molar-refractivity contribution in [3.05, 3.63) is 63.6 Å². The van der Waals surface area contributed by atoms with E-state index in [0.717, 1.165) is 42.6 Å². The number of benzene rings is 2. The van der Waals surface area contributed by atoms with Gasteiger partial charge in [0.15, 0.2) is 0 Å². The molecule has 3 rings (SSSR count). The maximum atomic E-state index is 13.3. The Hall–Kier alpha value is -2.24. The Morgan fingerprint density at radius 2 is 1.69 bits per heavy atom. The van der Waals surface area contributed by atoms with Crippen LogP contribution in [0.25, 0.3) is 0 Å². The molecular formula is C25H30Cl2N2O3. The molecular weight excluding hydrogens is 447 g/mol. The van der Waals surface area contributed by atoms with Gasteiger partial charge < -0.3 is 15.0 Å². The number of carbonyl (C=O) groups is 2. The molecule has 1 unspecified atom stereocenters. The third-order valence-corrected chi connectivity index (χ3v) is 6.71. The Balaban J connectivity index is 1.77. The molecule has 0 aromatic heterocycles. The number of methoxy groups -OCH3 is 1. The number of hydrogen-bond acceptors (Lipinski definition) is 3. The summed E-state index contributed by atoms with van der Waals surface area (Å²) in [5.74, 6) is 0.476. The minimum absolute atomic E-state index is 0.118. The Kier molecular flexibility index (Phi) is 8.83. The molecule has 0 saturated heterocycles. The van der Waals surface area contributed by atoms with Gasteiger partial charge in [-0.2, -0.15) is 0 Å². The van der Waals surface area contributed by atoms with E-state index in [1.165, 1.54) is 6.42 Å². The minimum Gasteiger partial charge on any atom is -0.497 e. The van der Waals surface area contributed by atoms with E-state index in [-0.39, 0.29) is 24.3 Å². The molecule has 0 aliphatic heterocycles. The molecule has 172 valence electrons. The first-order valence-electron chi connectivity index (χ1n) is 11.0. The SMILES string of the molecule is COc1ccc(CN(C(=O)Cc2ccc(Cl)c(Cl)c2)C(C)C(=O)NC2CCCCC2)cc1. The van der Waals surface area contributed by atoms with E-state index in [2.05, 4.69) is 5.32 Å². The number of nitrogens with one attached hydrogen (secondary N) is 1. The summed E-state index contributed by atoms with van der Waals surface area (Å²) in [6.45, 7) is 2.11. The van der Waals surface area contributed by atoms with Gasteiger partial charge in [0.1, 0.15) is 11.8 Å². The average Bonchev–Trinajstić information content (AvgIpc) is 2.80. The molecule has 0 bridgehead atoms. The van der Waals surface area contributed by atoms with Crippen LogP contribution in [0.1, 0.15) is 50.2 Å². The van der Waals surface area contributed by atoms with E-state index < -0.39 is 6.04 Å². The summed E-state index contributed by atoms with van der Waals surface area (Å²) in [6, 6.07) is 12.3. The maximum absolute atomic E-state index is 13.3. The molecule has 2 aromatic carbocycles. The summed E-state index contributed by atoms with van der Waals surface area (Å²) in [5, 5.41) is 3.99. The molecule has 2 amide bonds. The van der Waals surface area contributed by atoms with Crippen molar-refractivity contribution >= 4 is 35.0 Å². The molecule has 32 heavy (non-hydrogen) atoms. The molecule has 1 N–H and O–H groups in total. The molecule has 0 spiro atoms. The van der Waals surface area contributed by atoms with Crippen LogP contribution in [0.4, 0.5) is 0 Å². The van der Waals surface area contributed by atoms with E-state index in [1.54, 1.807) is 37.1 Å². The highest BCUT2D eigenvalue weighted by Crippen LogP contribution is 2.24. The molecule has 2 aromatic rings. The van der Waals surface area contributed by atoms with Gasteiger partial charge in [0.2, 0.25) is 11.8 Å². The maximum Gasteiger partial charge on any atom is 0.242 e. The largest absolute Gasteiger partial charge is 0.497 e. The van der Waals surface area contributed by atoms with E-state index in [4.69, 9.17) is 27.9 Å². The fourth-order valence-electron chi connectivity index (χ4n) is 4.00. The number of ether oxygens (including phenoxy) is 1. The molecule has 0 radical (unpaired) electrons. The van der Waals surface area contributed by atoms with Crippen LogP contribution in [0.5, 0.6) is 5.75 Å². The van der Waals surface area contributed by atoms with Gasteiger partial charge in [-0.05, 0) is 55.2 Å². The second-order valence-electron chi connectivity index (χ2n) is 8.31. The molecule has 1 aliphatic rings. The van der Waals surface area contributed by atoms with Crippen molar-refractivity contribution < 1.29 is 14.3 Å². The monoisotopic (exact) mass is 476 g/mol. The Bertz CT molecular complexity index is 927. The van der Waals surface area contributed by atoms with Crippen LogP contribution in [-0.2, 0) is 22.6 Å². The summed E-state index contributed by atoms with van der Waals surface area (Å²) in [6.07, 6.45) is 5.60. The second-order valence-corrected chi connectivity index (χ2v) is 9.13. The number of rotatable bonds is 8. The topological polar surface area (TPSA) is 58.6 Å². The zero-order chi connectivity index (χ0) is 23.1. The molecule has 5 nitrogen and oxygen atoms in total. The van der Waals surface area contributed by atoms with Crippen LogP contribution in [0, 0.1) is 0 Å². The first-order chi connectivity index (χ1) is 15.4. The van der Waals surface area contributed by atoms with Crippen LogP contribution >= 0.6 is 23.2 Å². The fraction of sp³-hybridized carbons (Fsp3) is 0.440. The van der Waals surface area contributed by atoms with Crippen molar-refractivity contribution in [2.75, 3.05) is 7.11 Å². The van der Waals surface area contributed by atoms with Crippen molar-refractivity contribution in [3.63, 3.8) is 0 Å². The molecule has 0 heterocycles. The summed E-state index contributed by atoms with van der Waals surface area (Å²) in [7, 11) is 1.61. The first kappa shape index (κ1) is 24.4. The predicted octanol–water partition coefficient (Wildman–Crippen LogP) is 5.41. The fourth-order valence-corrected chi connectivity index (χ4v) is 4.33. The second kappa shape index (κ2) is 11.6. The van der Waals surface area contributed by atoms with Crippen molar-refractivity contribution in [2.45, 2.75) is 64.1 Å². The molecule has 1 fully saturated rings. The van der Waals surface area contributed by atoms with Crippen LogP contribution in [0.2, 0.25) is 10.0 Å². The molecule has 1 saturated carbocycles. The summed E-state index contributed by atoms with van der Waals surface area (Å²) < 4.78 is 5.22. The van der Waals surface area contributed by atoms with Crippen LogP contribution in [0.15, 0.2) is 42.5 Å². The zero-order valence-corrected chi connectivity index (χ0v) is 20.1. The third kappa shape index (κ3) is 6.63. The van der Waals surface area contributed by atoms with E-state index in [9.17, 15) is 9.59 Å². The van der Waals surface area contributed by atoms with Crippen LogP contribution in [0.3, 0.4) is 0 Å². The first-order valence-corrected chi connectivity index (χ1v) is 11.8. The number of hydrogen-bond donors (Lipinski definition) is 1. The van der Waals surface area contributed by atoms with Gasteiger partial charge in [-0.15, -0.1) is 0 Å². The Morgan fingerprint density at radius 1 is 1.03 bits per heavy atom. The highest BCUT2D eigenvalue weighted by molar-refractivity contribution is 6.42. The summed E-state index contributed by atoms with van der Waals surface area (Å²) in [5.41, 5.74) is 1.68. The van der Waals surface area contributed by atoms with Crippen molar-refractivity contribution in [1.82, 2.24) is 10.2 Å². The van der Waals surface area contributed by atoms with Crippen molar-refractivity contribution in [3.8, 4) is 5.75 Å². The quantitative estimate of drug-likeness (QED) is 0.553. The van der Waals surface area contributed by atoms with Gasteiger partial charge in [-0.3, -0.25) is 9.59 Å². The van der Waals surface area contributed by atoms with E-state index in [0.29, 0.717) is 16.6 Å². The van der Waals surface area contributed by atoms with Crippen LogP contribution in [-0.4, -0.2) is 35.9 Å². The smallest absolute Gasteiger partial charge is 0.242 e. The lowest BCUT2D eigenvalue weighted by Gasteiger charge is -2.31. The van der Waals surface area contributed by atoms with Gasteiger partial charge >= 0.3 is 0 Å². The van der Waals surface area contributed by atoms with Crippen LogP contribution < -0.4 is 10.1 Å².